The number of halogens is 2. The number of nitrogens with one attached hydrogen (secondary N) is 2. The van der Waals surface area contributed by atoms with Gasteiger partial charge in [0, 0.05) is 31.1 Å². The average molecular weight is 399 g/mol. The summed E-state index contributed by atoms with van der Waals surface area (Å²) in [5.74, 6) is -2.92. The van der Waals surface area contributed by atoms with Crippen molar-refractivity contribution in [2.24, 2.45) is 0 Å². The monoisotopic (exact) mass is 399 g/mol. The van der Waals surface area contributed by atoms with Gasteiger partial charge in [-0.25, -0.2) is 17.2 Å². The molecule has 0 radical (unpaired) electrons. The molecule has 11 heteroatoms. The van der Waals surface area contributed by atoms with Crippen LogP contribution in [0.1, 0.15) is 10.4 Å². The second kappa shape index (κ2) is 8.08. The molecule has 2 aromatic carbocycles. The number of hydrogen-bond acceptors (Lipinski definition) is 6. The molecule has 0 saturated carbocycles. The minimum absolute atomic E-state index is 0.0300. The fourth-order valence-electron chi connectivity index (χ4n) is 2.26. The van der Waals surface area contributed by atoms with E-state index in [4.69, 9.17) is 0 Å². The van der Waals surface area contributed by atoms with Crippen LogP contribution < -0.4 is 10.6 Å². The first-order valence-corrected chi connectivity index (χ1v) is 9.45. The lowest BCUT2D eigenvalue weighted by atomic mass is 10.2. The lowest BCUT2D eigenvalue weighted by Crippen LogP contribution is -2.30. The lowest BCUT2D eigenvalue weighted by molar-refractivity contribution is -0.387. The van der Waals surface area contributed by atoms with Gasteiger partial charge in [-0.15, -0.1) is 0 Å². The number of carbonyl (C=O) groups is 1. The Morgan fingerprint density at radius 1 is 1.15 bits per heavy atom. The second-order valence-corrected chi connectivity index (χ2v) is 7.48. The molecule has 0 fully saturated rings. The molecule has 27 heavy (non-hydrogen) atoms. The normalized spacial score (nSPS) is 11.1. The van der Waals surface area contributed by atoms with Crippen LogP contribution in [0.4, 0.5) is 20.2 Å². The molecular weight excluding hydrogens is 384 g/mol. The maximum Gasteiger partial charge on any atom is 0.288 e. The van der Waals surface area contributed by atoms with Crippen LogP contribution in [0.5, 0.6) is 0 Å². The molecule has 2 rings (SSSR count). The fourth-order valence-corrected chi connectivity index (χ4v) is 3.12. The Morgan fingerprint density at radius 3 is 2.33 bits per heavy atom. The van der Waals surface area contributed by atoms with Crippen molar-refractivity contribution in [2.75, 3.05) is 24.7 Å². The van der Waals surface area contributed by atoms with Crippen molar-refractivity contribution in [3.63, 3.8) is 0 Å². The molecule has 0 heterocycles. The van der Waals surface area contributed by atoms with Crippen molar-refractivity contribution in [2.45, 2.75) is 4.90 Å². The highest BCUT2D eigenvalue weighted by molar-refractivity contribution is 7.90. The predicted octanol–water partition coefficient (Wildman–Crippen LogP) is 2.12. The zero-order valence-corrected chi connectivity index (χ0v) is 14.8. The van der Waals surface area contributed by atoms with Gasteiger partial charge < -0.3 is 10.6 Å². The van der Waals surface area contributed by atoms with E-state index in [0.717, 1.165) is 36.6 Å². The van der Waals surface area contributed by atoms with Crippen molar-refractivity contribution >= 4 is 27.1 Å². The molecule has 0 aliphatic rings. The Hall–Kier alpha value is -3.08. The minimum atomic E-state index is -3.83. The number of amides is 1. The molecule has 0 aliphatic heterocycles. The van der Waals surface area contributed by atoms with E-state index in [-0.39, 0.29) is 18.8 Å². The zero-order valence-electron chi connectivity index (χ0n) is 14.0. The van der Waals surface area contributed by atoms with E-state index in [2.05, 4.69) is 10.6 Å². The summed E-state index contributed by atoms with van der Waals surface area (Å²) in [5, 5.41) is 16.0. The summed E-state index contributed by atoms with van der Waals surface area (Å²) in [4.78, 5) is 21.5. The molecule has 8 nitrogen and oxygen atoms in total. The molecule has 0 bridgehead atoms. The molecule has 1 amide bonds. The number of nitro groups is 1. The van der Waals surface area contributed by atoms with Gasteiger partial charge in [-0.3, -0.25) is 14.9 Å². The molecule has 2 aromatic rings. The van der Waals surface area contributed by atoms with Crippen LogP contribution in [-0.2, 0) is 9.84 Å². The summed E-state index contributed by atoms with van der Waals surface area (Å²) in [6.07, 6.45) is 0.849. The smallest absolute Gasteiger partial charge is 0.288 e. The number of rotatable bonds is 7. The number of benzene rings is 2. The minimum Gasteiger partial charge on any atom is -0.383 e. The SMILES string of the molecule is CS(=O)(=O)c1cc(NCCNC(=O)c2c(F)cccc2F)ccc1[N+](=O)[O-]. The number of hydrogen-bond donors (Lipinski definition) is 2. The van der Waals surface area contributed by atoms with E-state index in [1.54, 1.807) is 0 Å². The van der Waals surface area contributed by atoms with Gasteiger partial charge in [-0.2, -0.15) is 0 Å². The highest BCUT2D eigenvalue weighted by Gasteiger charge is 2.22. The molecule has 144 valence electrons. The van der Waals surface area contributed by atoms with Crippen LogP contribution >= 0.6 is 0 Å². The topological polar surface area (TPSA) is 118 Å². The summed E-state index contributed by atoms with van der Waals surface area (Å²) in [7, 11) is -3.83. The molecule has 0 atom stereocenters. The zero-order chi connectivity index (χ0) is 20.2. The van der Waals surface area contributed by atoms with Crippen molar-refractivity contribution in [1.29, 1.82) is 0 Å². The van der Waals surface area contributed by atoms with Crippen molar-refractivity contribution in [1.82, 2.24) is 5.32 Å². The van der Waals surface area contributed by atoms with E-state index in [1.807, 2.05) is 0 Å². The Bertz CT molecular complexity index is 975. The van der Waals surface area contributed by atoms with Crippen molar-refractivity contribution in [3.8, 4) is 0 Å². The van der Waals surface area contributed by atoms with Crippen molar-refractivity contribution < 1.29 is 26.9 Å². The Balaban J connectivity index is 2.02. The summed E-state index contributed by atoms with van der Waals surface area (Å²) in [6.45, 7) is 0.0562. The number of anilines is 1. The first-order chi connectivity index (χ1) is 12.6. The van der Waals surface area contributed by atoms with Crippen LogP contribution in [0, 0.1) is 21.7 Å². The third-order valence-electron chi connectivity index (χ3n) is 3.49. The molecule has 0 spiro atoms. The van der Waals surface area contributed by atoms with E-state index < -0.39 is 48.4 Å². The highest BCUT2D eigenvalue weighted by Crippen LogP contribution is 2.26. The van der Waals surface area contributed by atoms with E-state index in [0.29, 0.717) is 0 Å². The molecule has 0 unspecified atom stereocenters. The number of nitro benzene ring substituents is 1. The molecule has 2 N–H and O–H groups in total. The van der Waals surface area contributed by atoms with Gasteiger partial charge >= 0.3 is 0 Å². The number of sulfone groups is 1. The number of carbonyl (C=O) groups excluding carboxylic acids is 1. The van der Waals surface area contributed by atoms with Crippen LogP contribution in [-0.4, -0.2) is 38.6 Å². The average Bonchev–Trinajstić information content (AvgIpc) is 2.57. The Morgan fingerprint density at radius 2 is 1.78 bits per heavy atom. The summed E-state index contributed by atoms with van der Waals surface area (Å²) in [6, 6.07) is 6.51. The maximum atomic E-state index is 13.5. The summed E-state index contributed by atoms with van der Waals surface area (Å²) in [5.41, 5.74) is -0.981. The van der Waals surface area contributed by atoms with Gasteiger partial charge in [-0.1, -0.05) is 6.07 Å². The van der Waals surface area contributed by atoms with Crippen LogP contribution in [0.15, 0.2) is 41.3 Å². The maximum absolute atomic E-state index is 13.5. The van der Waals surface area contributed by atoms with Crippen molar-refractivity contribution in [3.05, 3.63) is 63.7 Å². The standard InChI is InChI=1S/C16H15F2N3O5S/c1-27(25,26)14-9-10(5-6-13(14)21(23)24)19-7-8-20-16(22)15-11(17)3-2-4-12(15)18/h2-6,9,19H,7-8H2,1H3,(H,20,22). The largest absolute Gasteiger partial charge is 0.383 e. The van der Waals surface area contributed by atoms with Gasteiger partial charge in [0.2, 0.25) is 0 Å². The van der Waals surface area contributed by atoms with Gasteiger partial charge in [0.1, 0.15) is 22.1 Å². The van der Waals surface area contributed by atoms with E-state index in [1.165, 1.54) is 6.07 Å². The predicted molar refractivity (Wildman–Crippen MR) is 93.4 cm³/mol. The highest BCUT2D eigenvalue weighted by atomic mass is 32.2. The van der Waals surface area contributed by atoms with Gasteiger partial charge in [0.15, 0.2) is 9.84 Å². The fraction of sp³-hybridized carbons (Fsp3) is 0.188. The van der Waals surface area contributed by atoms with Crippen LogP contribution in [0.2, 0.25) is 0 Å². The van der Waals surface area contributed by atoms with Gasteiger partial charge in [0.05, 0.1) is 4.92 Å². The molecule has 0 saturated heterocycles. The third kappa shape index (κ3) is 4.97. The van der Waals surface area contributed by atoms with E-state index in [9.17, 15) is 32.1 Å². The molecule has 0 aromatic heterocycles. The molecule has 0 aliphatic carbocycles. The van der Waals surface area contributed by atoms with E-state index >= 15 is 0 Å². The van der Waals surface area contributed by atoms with Gasteiger partial charge in [-0.05, 0) is 24.3 Å². The second-order valence-electron chi connectivity index (χ2n) is 5.49. The Labute approximate surface area is 153 Å². The van der Waals surface area contributed by atoms with Gasteiger partial charge in [0.25, 0.3) is 11.6 Å². The van der Waals surface area contributed by atoms with Crippen LogP contribution in [0.25, 0.3) is 0 Å². The third-order valence-corrected chi connectivity index (χ3v) is 4.61. The van der Waals surface area contributed by atoms with Crippen LogP contribution in [0.3, 0.4) is 0 Å². The Kier molecular flexibility index (Phi) is 6.05. The first-order valence-electron chi connectivity index (χ1n) is 7.56. The summed E-state index contributed by atoms with van der Waals surface area (Å²) >= 11 is 0. The first kappa shape index (κ1) is 20.2. The lowest BCUT2D eigenvalue weighted by Gasteiger charge is -2.10. The number of nitrogens with zero attached hydrogens (tertiary/aromatic N) is 1. The molecular formula is C16H15F2N3O5S. The summed E-state index contributed by atoms with van der Waals surface area (Å²) < 4.78 is 50.4. The quantitative estimate of drug-likeness (QED) is 0.418.